The van der Waals surface area contributed by atoms with Gasteiger partial charge in [0, 0.05) is 5.56 Å². The number of rotatable bonds is 6. The van der Waals surface area contributed by atoms with E-state index in [4.69, 9.17) is 10.6 Å². The molecule has 7 heteroatoms. The molecule has 0 heterocycles. The molecule has 0 atom stereocenters. The van der Waals surface area contributed by atoms with Crippen molar-refractivity contribution in [1.29, 1.82) is 0 Å². The normalized spacial score (nSPS) is 11.7. The molecule has 1 aromatic rings. The zero-order chi connectivity index (χ0) is 13.8. The quantitative estimate of drug-likeness (QED) is 0.743. The first-order chi connectivity index (χ1) is 8.33. The molecular weight excluding hydrogens is 256 g/mol. The highest BCUT2D eigenvalue weighted by molar-refractivity contribution is 7.89. The van der Waals surface area contributed by atoms with E-state index in [1.807, 2.05) is 18.7 Å². The van der Waals surface area contributed by atoms with Gasteiger partial charge in [-0.1, -0.05) is 18.7 Å². The van der Waals surface area contributed by atoms with Crippen LogP contribution in [0.3, 0.4) is 0 Å². The summed E-state index contributed by atoms with van der Waals surface area (Å²) in [5.41, 5.74) is 5.30. The maximum Gasteiger partial charge on any atom is 0.262 e. The van der Waals surface area contributed by atoms with Gasteiger partial charge < -0.3 is 5.73 Å². The number of carbonyl (C=O) groups excluding carboxylic acids is 1. The fourth-order valence-electron chi connectivity index (χ4n) is 1.12. The number of benzene rings is 1. The monoisotopic (exact) mass is 272 g/mol. The average molecular weight is 272 g/mol. The van der Waals surface area contributed by atoms with E-state index in [0.29, 0.717) is 0 Å². The van der Waals surface area contributed by atoms with Gasteiger partial charge in [-0.15, -0.1) is 0 Å². The first-order valence-electron chi connectivity index (χ1n) is 5.36. The second-order valence-corrected chi connectivity index (χ2v) is 5.83. The highest BCUT2D eigenvalue weighted by Gasteiger charge is 2.14. The fourth-order valence-corrected chi connectivity index (χ4v) is 1.94. The van der Waals surface area contributed by atoms with Crippen molar-refractivity contribution in [1.82, 2.24) is 4.89 Å². The molecule has 0 bridgehead atoms. The third kappa shape index (κ3) is 4.10. The lowest BCUT2D eigenvalue weighted by Gasteiger charge is -2.09. The van der Waals surface area contributed by atoms with Crippen LogP contribution >= 0.6 is 0 Å². The molecule has 0 aliphatic heterocycles. The molecule has 0 aromatic heterocycles. The van der Waals surface area contributed by atoms with Gasteiger partial charge in [0.05, 0.1) is 11.5 Å². The van der Waals surface area contributed by atoms with Crippen LogP contribution in [0.15, 0.2) is 29.2 Å². The predicted octanol–water partition coefficient (Wildman–Crippen LogP) is 0.651. The van der Waals surface area contributed by atoms with E-state index in [0.717, 1.165) is 0 Å². The Morgan fingerprint density at radius 2 is 1.89 bits per heavy atom. The van der Waals surface area contributed by atoms with E-state index < -0.39 is 15.9 Å². The Labute approximate surface area is 106 Å². The van der Waals surface area contributed by atoms with Crippen molar-refractivity contribution in [3.63, 3.8) is 0 Å². The highest BCUT2D eigenvalue weighted by Crippen LogP contribution is 2.10. The van der Waals surface area contributed by atoms with E-state index in [1.54, 1.807) is 0 Å². The number of nitrogens with one attached hydrogen (secondary N) is 1. The minimum absolute atomic E-state index is 0.0104. The van der Waals surface area contributed by atoms with Gasteiger partial charge in [-0.3, -0.25) is 9.63 Å². The molecule has 0 fully saturated rings. The van der Waals surface area contributed by atoms with Gasteiger partial charge in [0.1, 0.15) is 0 Å². The summed E-state index contributed by atoms with van der Waals surface area (Å²) in [6, 6.07) is 5.28. The maximum absolute atomic E-state index is 11.7. The van der Waals surface area contributed by atoms with Gasteiger partial charge >= 0.3 is 0 Å². The highest BCUT2D eigenvalue weighted by atomic mass is 32.2. The van der Waals surface area contributed by atoms with Crippen LogP contribution in [0.25, 0.3) is 0 Å². The Morgan fingerprint density at radius 3 is 2.33 bits per heavy atom. The molecule has 0 aliphatic rings. The lowest BCUT2D eigenvalue weighted by molar-refractivity contribution is 0.0718. The lowest BCUT2D eigenvalue weighted by Crippen LogP contribution is -2.26. The standard InChI is InChI=1S/C11H16N2O4S/c1-8(2)7-17-13-18(15,16)10-5-3-9(4-6-10)11(12)14/h3-6,8,13H,7H2,1-2H3,(H2,12,14). The summed E-state index contributed by atoms with van der Waals surface area (Å²) in [6.45, 7) is 4.07. The van der Waals surface area contributed by atoms with Gasteiger partial charge in [-0.25, -0.2) is 8.42 Å². The summed E-state index contributed by atoms with van der Waals surface area (Å²) in [5, 5.41) is 0. The van der Waals surface area contributed by atoms with E-state index in [9.17, 15) is 13.2 Å². The van der Waals surface area contributed by atoms with Crippen molar-refractivity contribution in [2.24, 2.45) is 11.7 Å². The SMILES string of the molecule is CC(C)CONS(=O)(=O)c1ccc(C(N)=O)cc1. The summed E-state index contributed by atoms with van der Waals surface area (Å²) < 4.78 is 23.5. The van der Waals surface area contributed by atoms with Crippen molar-refractivity contribution in [2.45, 2.75) is 18.7 Å². The van der Waals surface area contributed by atoms with Gasteiger partial charge in [0.25, 0.3) is 10.0 Å². The van der Waals surface area contributed by atoms with Crippen molar-refractivity contribution < 1.29 is 18.0 Å². The molecule has 1 amide bonds. The Hall–Kier alpha value is -1.44. The van der Waals surface area contributed by atoms with E-state index >= 15 is 0 Å². The van der Waals surface area contributed by atoms with Crippen molar-refractivity contribution in [2.75, 3.05) is 6.61 Å². The average Bonchev–Trinajstić information content (AvgIpc) is 2.28. The van der Waals surface area contributed by atoms with Crippen molar-refractivity contribution >= 4 is 15.9 Å². The zero-order valence-corrected chi connectivity index (χ0v) is 11.0. The first-order valence-corrected chi connectivity index (χ1v) is 6.84. The van der Waals surface area contributed by atoms with Crippen LogP contribution in [-0.4, -0.2) is 20.9 Å². The Morgan fingerprint density at radius 1 is 1.33 bits per heavy atom. The number of hydrogen-bond acceptors (Lipinski definition) is 4. The fraction of sp³-hybridized carbons (Fsp3) is 0.364. The predicted molar refractivity (Wildman–Crippen MR) is 66.1 cm³/mol. The van der Waals surface area contributed by atoms with Gasteiger partial charge in [-0.05, 0) is 30.2 Å². The van der Waals surface area contributed by atoms with Crippen LogP contribution < -0.4 is 10.6 Å². The van der Waals surface area contributed by atoms with Crippen LogP contribution in [0.1, 0.15) is 24.2 Å². The Balaban J connectivity index is 2.76. The second kappa shape index (κ2) is 5.94. The third-order valence-electron chi connectivity index (χ3n) is 2.03. The molecule has 18 heavy (non-hydrogen) atoms. The largest absolute Gasteiger partial charge is 0.366 e. The van der Waals surface area contributed by atoms with Crippen LogP contribution in [0.2, 0.25) is 0 Å². The lowest BCUT2D eigenvalue weighted by atomic mass is 10.2. The van der Waals surface area contributed by atoms with Crippen molar-refractivity contribution in [3.05, 3.63) is 29.8 Å². The van der Waals surface area contributed by atoms with Gasteiger partial charge in [-0.2, -0.15) is 0 Å². The van der Waals surface area contributed by atoms with Crippen LogP contribution in [0.4, 0.5) is 0 Å². The van der Waals surface area contributed by atoms with Crippen LogP contribution in [0.5, 0.6) is 0 Å². The summed E-state index contributed by atoms with van der Waals surface area (Å²) in [4.78, 5) is 17.7. The summed E-state index contributed by atoms with van der Waals surface area (Å²) in [7, 11) is -3.72. The van der Waals surface area contributed by atoms with Crippen molar-refractivity contribution in [3.8, 4) is 0 Å². The first kappa shape index (κ1) is 14.6. The summed E-state index contributed by atoms with van der Waals surface area (Å²) >= 11 is 0. The molecule has 0 aliphatic carbocycles. The smallest absolute Gasteiger partial charge is 0.262 e. The molecule has 1 aromatic carbocycles. The molecule has 1 rings (SSSR count). The Kier molecular flexibility index (Phi) is 4.83. The molecule has 0 unspecified atom stereocenters. The van der Waals surface area contributed by atoms with E-state index in [-0.39, 0.29) is 23.0 Å². The molecule has 0 saturated heterocycles. The third-order valence-corrected chi connectivity index (χ3v) is 3.26. The minimum atomic E-state index is -3.72. The number of nitrogens with two attached hydrogens (primary N) is 1. The van der Waals surface area contributed by atoms with Gasteiger partial charge in [0.2, 0.25) is 5.91 Å². The molecule has 3 N–H and O–H groups in total. The topological polar surface area (TPSA) is 98.5 Å². The zero-order valence-electron chi connectivity index (χ0n) is 10.2. The second-order valence-electron chi connectivity index (χ2n) is 4.18. The molecule has 0 spiro atoms. The number of hydrogen-bond donors (Lipinski definition) is 2. The molecular formula is C11H16N2O4S. The maximum atomic E-state index is 11.7. The number of primary amides is 1. The summed E-state index contributed by atoms with van der Waals surface area (Å²) in [5.74, 6) is -0.395. The number of amides is 1. The van der Waals surface area contributed by atoms with Crippen LogP contribution in [0, 0.1) is 5.92 Å². The Bertz CT molecular complexity index is 508. The number of sulfonamides is 1. The van der Waals surface area contributed by atoms with E-state index in [1.165, 1.54) is 24.3 Å². The summed E-state index contributed by atoms with van der Waals surface area (Å²) in [6.07, 6.45) is 0. The molecule has 100 valence electrons. The molecule has 6 nitrogen and oxygen atoms in total. The minimum Gasteiger partial charge on any atom is -0.366 e. The van der Waals surface area contributed by atoms with Gasteiger partial charge in [0.15, 0.2) is 0 Å². The molecule has 0 radical (unpaired) electrons. The van der Waals surface area contributed by atoms with Crippen LogP contribution in [-0.2, 0) is 14.9 Å². The molecule has 0 saturated carbocycles. The number of carbonyl (C=O) groups is 1. The van der Waals surface area contributed by atoms with E-state index in [2.05, 4.69) is 0 Å².